The monoisotopic (exact) mass is 296 g/mol. The van der Waals surface area contributed by atoms with Gasteiger partial charge in [0.2, 0.25) is 0 Å². The highest BCUT2D eigenvalue weighted by Gasteiger charge is 2.47. The maximum Gasteiger partial charge on any atom is 0.319 e. The molecule has 4 unspecified atom stereocenters. The fourth-order valence-corrected chi connectivity index (χ4v) is 3.79. The second-order valence-corrected chi connectivity index (χ2v) is 5.93. The van der Waals surface area contributed by atoms with Crippen LogP contribution in [-0.4, -0.2) is 23.8 Å². The van der Waals surface area contributed by atoms with Gasteiger partial charge >= 0.3 is 6.03 Å². The van der Waals surface area contributed by atoms with Crippen LogP contribution >= 0.6 is 0 Å². The molecule has 0 saturated heterocycles. The zero-order valence-corrected chi connectivity index (χ0v) is 11.5. The van der Waals surface area contributed by atoms with E-state index in [1.165, 1.54) is 6.07 Å². The Bertz CT molecular complexity index is 552. The second kappa shape index (κ2) is 5.60. The van der Waals surface area contributed by atoms with Gasteiger partial charge in [0.05, 0.1) is 0 Å². The number of fused-ring (bicyclic) bond motifs is 2. The molecule has 0 radical (unpaired) electrons. The molecule has 0 heterocycles. The minimum atomic E-state index is -0.999. The van der Waals surface area contributed by atoms with Gasteiger partial charge in [0.15, 0.2) is 11.6 Å². The SMILES string of the molecule is O=C(Nc1ccc(F)c(F)c1)NC1C2CCC(C2)C1CO. The summed E-state index contributed by atoms with van der Waals surface area (Å²) in [6.45, 7) is 0.0668. The van der Waals surface area contributed by atoms with Gasteiger partial charge in [-0.3, -0.25) is 0 Å². The number of carbonyl (C=O) groups excluding carboxylic acids is 1. The number of amides is 2. The molecule has 2 fully saturated rings. The molecule has 0 aliphatic heterocycles. The highest BCUT2D eigenvalue weighted by atomic mass is 19.2. The molecular weight excluding hydrogens is 278 g/mol. The molecule has 4 nitrogen and oxygen atoms in total. The average Bonchev–Trinajstić information content (AvgIpc) is 3.03. The van der Waals surface area contributed by atoms with Gasteiger partial charge in [-0.15, -0.1) is 0 Å². The van der Waals surface area contributed by atoms with E-state index in [-0.39, 0.29) is 24.3 Å². The van der Waals surface area contributed by atoms with E-state index in [1.54, 1.807) is 0 Å². The van der Waals surface area contributed by atoms with Crippen LogP contribution in [0.5, 0.6) is 0 Å². The fourth-order valence-electron chi connectivity index (χ4n) is 3.79. The zero-order chi connectivity index (χ0) is 15.0. The second-order valence-electron chi connectivity index (χ2n) is 5.93. The molecule has 0 spiro atoms. The van der Waals surface area contributed by atoms with Crippen molar-refractivity contribution in [2.24, 2.45) is 17.8 Å². The van der Waals surface area contributed by atoms with Crippen molar-refractivity contribution in [2.45, 2.75) is 25.3 Å². The summed E-state index contributed by atoms with van der Waals surface area (Å²) in [6, 6.07) is 2.73. The highest BCUT2D eigenvalue weighted by Crippen LogP contribution is 2.48. The molecule has 2 aliphatic carbocycles. The topological polar surface area (TPSA) is 61.4 Å². The Morgan fingerprint density at radius 2 is 2.00 bits per heavy atom. The van der Waals surface area contributed by atoms with Crippen molar-refractivity contribution in [3.63, 3.8) is 0 Å². The summed E-state index contributed by atoms with van der Waals surface area (Å²) < 4.78 is 25.9. The van der Waals surface area contributed by atoms with E-state index in [1.807, 2.05) is 0 Å². The molecule has 2 saturated carbocycles. The van der Waals surface area contributed by atoms with Crippen LogP contribution < -0.4 is 10.6 Å². The van der Waals surface area contributed by atoms with Crippen LogP contribution in [0.3, 0.4) is 0 Å². The standard InChI is InChI=1S/C15H18F2N2O2/c16-12-4-3-10(6-13(12)17)18-15(21)19-14-9-2-1-8(5-9)11(14)7-20/h3-4,6,8-9,11,14,20H,1-2,5,7H2,(H2,18,19,21). The van der Waals surface area contributed by atoms with Crippen molar-refractivity contribution >= 4 is 11.7 Å². The normalized spacial score (nSPS) is 30.4. The minimum Gasteiger partial charge on any atom is -0.396 e. The first-order chi connectivity index (χ1) is 10.1. The van der Waals surface area contributed by atoms with E-state index in [2.05, 4.69) is 10.6 Å². The Morgan fingerprint density at radius 3 is 2.71 bits per heavy atom. The molecule has 3 rings (SSSR count). The number of aliphatic hydroxyl groups excluding tert-OH is 1. The number of halogens is 2. The molecule has 0 aromatic heterocycles. The molecule has 2 amide bonds. The fraction of sp³-hybridized carbons (Fsp3) is 0.533. The summed E-state index contributed by atoms with van der Waals surface area (Å²) in [5.74, 6) is -0.966. The van der Waals surface area contributed by atoms with Gasteiger partial charge < -0.3 is 15.7 Å². The molecule has 6 heteroatoms. The summed E-state index contributed by atoms with van der Waals surface area (Å²) in [5.41, 5.74) is 0.204. The molecule has 4 atom stereocenters. The Hall–Kier alpha value is -1.69. The predicted octanol–water partition coefficient (Wildman–Crippen LogP) is 2.49. The molecular formula is C15H18F2N2O2. The number of aliphatic hydroxyl groups is 1. The Labute approximate surface area is 121 Å². The molecule has 3 N–H and O–H groups in total. The number of anilines is 1. The number of nitrogens with one attached hydrogen (secondary N) is 2. The largest absolute Gasteiger partial charge is 0.396 e. The first-order valence-corrected chi connectivity index (χ1v) is 7.22. The third-order valence-electron chi connectivity index (χ3n) is 4.77. The van der Waals surface area contributed by atoms with Crippen molar-refractivity contribution in [1.29, 1.82) is 0 Å². The summed E-state index contributed by atoms with van der Waals surface area (Å²) in [7, 11) is 0. The lowest BCUT2D eigenvalue weighted by molar-refractivity contribution is 0.146. The average molecular weight is 296 g/mol. The number of urea groups is 1. The number of benzene rings is 1. The summed E-state index contributed by atoms with van der Waals surface area (Å²) >= 11 is 0. The van der Waals surface area contributed by atoms with Crippen LogP contribution in [-0.2, 0) is 0 Å². The lowest BCUT2D eigenvalue weighted by atomic mass is 9.85. The van der Waals surface area contributed by atoms with E-state index in [9.17, 15) is 18.7 Å². The molecule has 114 valence electrons. The Morgan fingerprint density at radius 1 is 1.24 bits per heavy atom. The molecule has 2 bridgehead atoms. The van der Waals surface area contributed by atoms with Gasteiger partial charge in [-0.25, -0.2) is 13.6 Å². The highest BCUT2D eigenvalue weighted by molar-refractivity contribution is 5.89. The third kappa shape index (κ3) is 2.72. The first-order valence-electron chi connectivity index (χ1n) is 7.22. The van der Waals surface area contributed by atoms with Gasteiger partial charge in [0.1, 0.15) is 0 Å². The van der Waals surface area contributed by atoms with Crippen molar-refractivity contribution in [2.75, 3.05) is 11.9 Å². The van der Waals surface area contributed by atoms with Crippen LogP contribution in [0.4, 0.5) is 19.3 Å². The van der Waals surface area contributed by atoms with E-state index in [0.29, 0.717) is 11.8 Å². The first kappa shape index (κ1) is 14.3. The number of hydrogen-bond acceptors (Lipinski definition) is 2. The summed E-state index contributed by atoms with van der Waals surface area (Å²) in [6.07, 6.45) is 3.22. The lowest BCUT2D eigenvalue weighted by Gasteiger charge is -2.30. The van der Waals surface area contributed by atoms with Crippen LogP contribution in [0.15, 0.2) is 18.2 Å². The summed E-state index contributed by atoms with van der Waals surface area (Å²) in [4.78, 5) is 12.0. The molecule has 1 aromatic rings. The van der Waals surface area contributed by atoms with E-state index in [4.69, 9.17) is 0 Å². The predicted molar refractivity (Wildman–Crippen MR) is 73.7 cm³/mol. The third-order valence-corrected chi connectivity index (χ3v) is 4.77. The van der Waals surface area contributed by atoms with Crippen LogP contribution in [0, 0.1) is 29.4 Å². The number of carbonyl (C=O) groups is 1. The summed E-state index contributed by atoms with van der Waals surface area (Å²) in [5, 5.41) is 14.8. The van der Waals surface area contributed by atoms with Gasteiger partial charge in [0.25, 0.3) is 0 Å². The van der Waals surface area contributed by atoms with Crippen LogP contribution in [0.1, 0.15) is 19.3 Å². The van der Waals surface area contributed by atoms with Gasteiger partial charge in [-0.05, 0) is 43.2 Å². The van der Waals surface area contributed by atoms with E-state index < -0.39 is 17.7 Å². The van der Waals surface area contributed by atoms with Crippen LogP contribution in [0.25, 0.3) is 0 Å². The lowest BCUT2D eigenvalue weighted by Crippen LogP contribution is -2.46. The van der Waals surface area contributed by atoms with Crippen LogP contribution in [0.2, 0.25) is 0 Å². The molecule has 2 aliphatic rings. The maximum atomic E-state index is 13.1. The van der Waals surface area contributed by atoms with Crippen molar-refractivity contribution < 1.29 is 18.7 Å². The maximum absolute atomic E-state index is 13.1. The van der Waals surface area contributed by atoms with E-state index in [0.717, 1.165) is 31.4 Å². The molecule has 1 aromatic carbocycles. The Balaban J connectivity index is 1.62. The smallest absolute Gasteiger partial charge is 0.319 e. The van der Waals surface area contributed by atoms with Crippen molar-refractivity contribution in [1.82, 2.24) is 5.32 Å². The van der Waals surface area contributed by atoms with Gasteiger partial charge in [0, 0.05) is 30.3 Å². The molecule has 21 heavy (non-hydrogen) atoms. The minimum absolute atomic E-state index is 0.0426. The zero-order valence-electron chi connectivity index (χ0n) is 11.5. The van der Waals surface area contributed by atoms with Gasteiger partial charge in [-0.2, -0.15) is 0 Å². The van der Waals surface area contributed by atoms with E-state index >= 15 is 0 Å². The number of hydrogen-bond donors (Lipinski definition) is 3. The number of rotatable bonds is 3. The van der Waals surface area contributed by atoms with Crippen molar-refractivity contribution in [3.05, 3.63) is 29.8 Å². The quantitative estimate of drug-likeness (QED) is 0.802. The van der Waals surface area contributed by atoms with Crippen molar-refractivity contribution in [3.8, 4) is 0 Å². The van der Waals surface area contributed by atoms with Gasteiger partial charge in [-0.1, -0.05) is 0 Å². The Kier molecular flexibility index (Phi) is 3.80.